The van der Waals surface area contributed by atoms with E-state index in [0.29, 0.717) is 12.3 Å². The van der Waals surface area contributed by atoms with Gasteiger partial charge in [-0.25, -0.2) is 0 Å². The largest absolute Gasteiger partial charge is 0.422 e. The van der Waals surface area contributed by atoms with Crippen LogP contribution in [0.5, 0.6) is 0 Å². The van der Waals surface area contributed by atoms with E-state index in [4.69, 9.17) is 9.47 Å². The summed E-state index contributed by atoms with van der Waals surface area (Å²) in [5.74, 6) is -1.75. The Morgan fingerprint density at radius 2 is 1.42 bits per heavy atom. The lowest BCUT2D eigenvalue weighted by atomic mass is 10.0. The first-order valence-electron chi connectivity index (χ1n) is 8.52. The minimum Gasteiger partial charge on any atom is -0.422 e. The summed E-state index contributed by atoms with van der Waals surface area (Å²) in [6.45, 7) is 5.56. The Kier molecular flexibility index (Phi) is 7.20. The summed E-state index contributed by atoms with van der Waals surface area (Å²) in [4.78, 5) is 21.9. The van der Waals surface area contributed by atoms with Gasteiger partial charge in [0.25, 0.3) is 5.79 Å². The molecule has 4 nitrogen and oxygen atoms in total. The topological polar surface area (TPSA) is 52.6 Å². The van der Waals surface area contributed by atoms with Gasteiger partial charge in [-0.1, -0.05) is 56.3 Å². The molecule has 138 valence electrons. The fourth-order valence-corrected chi connectivity index (χ4v) is 3.15. The molecule has 1 aliphatic heterocycles. The minimum absolute atomic E-state index is 0.270. The van der Waals surface area contributed by atoms with Crippen LogP contribution >= 0.6 is 22.6 Å². The normalized spacial score (nSPS) is 15.6. The maximum absolute atomic E-state index is 10.9. The number of halogens is 1. The highest BCUT2D eigenvalue weighted by molar-refractivity contribution is 14.1. The van der Waals surface area contributed by atoms with Gasteiger partial charge in [0.05, 0.1) is 0 Å². The van der Waals surface area contributed by atoms with E-state index in [-0.39, 0.29) is 6.42 Å². The molecule has 2 aromatic carbocycles. The second kappa shape index (κ2) is 9.16. The average molecular weight is 466 g/mol. The SMILES string of the molecule is CC(C)CC1(C)OC(=O)CC(=O)O1.Ic1ccc(-c2ccccc2)cc1. The Hall–Kier alpha value is -1.89. The Balaban J connectivity index is 0.000000187. The number of carbonyl (C=O) groups is 2. The van der Waals surface area contributed by atoms with Gasteiger partial charge in [0.2, 0.25) is 0 Å². The Morgan fingerprint density at radius 1 is 0.923 bits per heavy atom. The molecule has 0 radical (unpaired) electrons. The highest BCUT2D eigenvalue weighted by Crippen LogP contribution is 2.27. The molecule has 1 aliphatic rings. The summed E-state index contributed by atoms with van der Waals surface area (Å²) in [5, 5.41) is 0. The molecule has 0 atom stereocenters. The highest BCUT2D eigenvalue weighted by atomic mass is 127. The van der Waals surface area contributed by atoms with E-state index in [1.165, 1.54) is 14.7 Å². The summed E-state index contributed by atoms with van der Waals surface area (Å²) in [7, 11) is 0. The zero-order chi connectivity index (χ0) is 19.2. The fourth-order valence-electron chi connectivity index (χ4n) is 2.79. The summed E-state index contributed by atoms with van der Waals surface area (Å²) < 4.78 is 11.2. The van der Waals surface area contributed by atoms with Crippen molar-refractivity contribution >= 4 is 34.5 Å². The second-order valence-corrected chi connectivity index (χ2v) is 7.98. The maximum atomic E-state index is 10.9. The molecule has 0 bridgehead atoms. The van der Waals surface area contributed by atoms with E-state index >= 15 is 0 Å². The van der Waals surface area contributed by atoms with Gasteiger partial charge in [-0.2, -0.15) is 0 Å². The van der Waals surface area contributed by atoms with Crippen molar-refractivity contribution in [1.29, 1.82) is 0 Å². The molecule has 0 aromatic heterocycles. The van der Waals surface area contributed by atoms with Crippen LogP contribution in [0.3, 0.4) is 0 Å². The number of hydrogen-bond acceptors (Lipinski definition) is 4. The van der Waals surface area contributed by atoms with Crippen LogP contribution in [-0.4, -0.2) is 17.7 Å². The molecule has 2 aromatic rings. The zero-order valence-electron chi connectivity index (χ0n) is 15.2. The van der Waals surface area contributed by atoms with Crippen molar-refractivity contribution in [2.24, 2.45) is 5.92 Å². The van der Waals surface area contributed by atoms with Crippen molar-refractivity contribution in [3.8, 4) is 11.1 Å². The Morgan fingerprint density at radius 3 is 1.92 bits per heavy atom. The number of ether oxygens (including phenoxy) is 2. The first-order valence-corrected chi connectivity index (χ1v) is 9.60. The summed E-state index contributed by atoms with van der Waals surface area (Å²) in [6.07, 6.45) is 0.262. The van der Waals surface area contributed by atoms with E-state index in [0.717, 1.165) is 0 Å². The summed E-state index contributed by atoms with van der Waals surface area (Å²) in [5.41, 5.74) is 2.56. The van der Waals surface area contributed by atoms with Gasteiger partial charge < -0.3 is 9.47 Å². The van der Waals surface area contributed by atoms with Crippen LogP contribution in [0.15, 0.2) is 54.6 Å². The zero-order valence-corrected chi connectivity index (χ0v) is 17.4. The second-order valence-electron chi connectivity index (χ2n) is 6.73. The quantitative estimate of drug-likeness (QED) is 0.355. The lowest BCUT2D eigenvalue weighted by Crippen LogP contribution is -2.43. The van der Waals surface area contributed by atoms with Gasteiger partial charge in [-0.3, -0.25) is 9.59 Å². The molecule has 1 heterocycles. The van der Waals surface area contributed by atoms with Crippen molar-refractivity contribution in [3.63, 3.8) is 0 Å². The molecule has 1 fully saturated rings. The number of carbonyl (C=O) groups excluding carboxylic acids is 2. The number of cyclic esters (lactones) is 2. The number of rotatable bonds is 3. The first-order chi connectivity index (χ1) is 12.3. The smallest absolute Gasteiger partial charge is 0.320 e. The molecule has 0 unspecified atom stereocenters. The summed E-state index contributed by atoms with van der Waals surface area (Å²) >= 11 is 2.32. The lowest BCUT2D eigenvalue weighted by molar-refractivity contribution is -0.241. The van der Waals surface area contributed by atoms with Crippen molar-refractivity contribution in [2.75, 3.05) is 0 Å². The van der Waals surface area contributed by atoms with Crippen molar-refractivity contribution < 1.29 is 19.1 Å². The number of benzene rings is 2. The third-order valence-electron chi connectivity index (χ3n) is 3.68. The molecule has 26 heavy (non-hydrogen) atoms. The molecular formula is C21H23IO4. The third-order valence-corrected chi connectivity index (χ3v) is 4.40. The van der Waals surface area contributed by atoms with Gasteiger partial charge in [-0.15, -0.1) is 0 Å². The van der Waals surface area contributed by atoms with Crippen LogP contribution < -0.4 is 0 Å². The highest BCUT2D eigenvalue weighted by Gasteiger charge is 2.39. The van der Waals surface area contributed by atoms with Crippen LogP contribution in [0.25, 0.3) is 11.1 Å². The van der Waals surface area contributed by atoms with Crippen molar-refractivity contribution in [2.45, 2.75) is 39.4 Å². The molecule has 0 saturated carbocycles. The first kappa shape index (κ1) is 20.4. The Labute approximate surface area is 168 Å². The molecule has 0 N–H and O–H groups in total. The fraction of sp³-hybridized carbons (Fsp3) is 0.333. The summed E-state index contributed by atoms with van der Waals surface area (Å²) in [6, 6.07) is 19.0. The molecule has 3 rings (SSSR count). The average Bonchev–Trinajstić information content (AvgIpc) is 2.54. The van der Waals surface area contributed by atoms with E-state index in [9.17, 15) is 9.59 Å². The number of hydrogen-bond donors (Lipinski definition) is 0. The lowest BCUT2D eigenvalue weighted by Gasteiger charge is -2.33. The maximum Gasteiger partial charge on any atom is 0.320 e. The van der Waals surface area contributed by atoms with E-state index in [1.54, 1.807) is 6.92 Å². The monoisotopic (exact) mass is 466 g/mol. The molecule has 0 spiro atoms. The van der Waals surface area contributed by atoms with Gasteiger partial charge in [-0.05, 0) is 51.8 Å². The van der Waals surface area contributed by atoms with E-state index in [2.05, 4.69) is 71.1 Å². The van der Waals surface area contributed by atoms with Gasteiger partial charge in [0, 0.05) is 16.9 Å². The van der Waals surface area contributed by atoms with Crippen molar-refractivity contribution in [1.82, 2.24) is 0 Å². The molecule has 1 saturated heterocycles. The minimum atomic E-state index is -1.05. The predicted molar refractivity (Wildman–Crippen MR) is 109 cm³/mol. The van der Waals surface area contributed by atoms with Gasteiger partial charge >= 0.3 is 11.9 Å². The van der Waals surface area contributed by atoms with Crippen LogP contribution in [0, 0.1) is 9.49 Å². The Bertz CT molecular complexity index is 722. The standard InChI is InChI=1S/C12H9I.C9H14O4/c13-12-8-6-11(7-9-12)10-4-2-1-3-5-10;1-6(2)5-9(3)12-7(10)4-8(11)13-9/h1-9H;6H,4-5H2,1-3H3. The van der Waals surface area contributed by atoms with Gasteiger partial charge in [0.15, 0.2) is 0 Å². The molecule has 0 amide bonds. The predicted octanol–water partition coefficient (Wildman–Crippen LogP) is 5.20. The number of esters is 2. The van der Waals surface area contributed by atoms with E-state index < -0.39 is 17.7 Å². The van der Waals surface area contributed by atoms with Crippen LogP contribution in [-0.2, 0) is 19.1 Å². The van der Waals surface area contributed by atoms with Crippen LogP contribution in [0.2, 0.25) is 0 Å². The van der Waals surface area contributed by atoms with Crippen LogP contribution in [0.1, 0.15) is 33.6 Å². The van der Waals surface area contributed by atoms with Gasteiger partial charge in [0.1, 0.15) is 6.42 Å². The third kappa shape index (κ3) is 6.44. The van der Waals surface area contributed by atoms with E-state index in [1.807, 2.05) is 19.9 Å². The van der Waals surface area contributed by atoms with Crippen LogP contribution in [0.4, 0.5) is 0 Å². The molecular weight excluding hydrogens is 443 g/mol. The molecule has 5 heteroatoms. The molecule has 0 aliphatic carbocycles. The van der Waals surface area contributed by atoms with Crippen molar-refractivity contribution in [3.05, 3.63) is 58.2 Å².